The molecule has 0 unspecified atom stereocenters. The van der Waals surface area contributed by atoms with Gasteiger partial charge in [0.1, 0.15) is 6.33 Å². The molecule has 0 fully saturated rings. The SMILES string of the molecule is CCOc1cc(Br)c(CC(=O)Nn2cnc3ccccc3c2=O)cc1OCC. The van der Waals surface area contributed by atoms with Gasteiger partial charge in [-0.25, -0.2) is 9.66 Å². The van der Waals surface area contributed by atoms with Crippen LogP contribution in [0.5, 0.6) is 11.5 Å². The number of hydrogen-bond acceptors (Lipinski definition) is 5. The number of halogens is 1. The van der Waals surface area contributed by atoms with Gasteiger partial charge in [-0.2, -0.15) is 0 Å². The predicted octanol–water partition coefficient (Wildman–Crippen LogP) is 3.27. The molecular formula is C20H20BrN3O4. The molecule has 7 nitrogen and oxygen atoms in total. The van der Waals surface area contributed by atoms with Crippen LogP contribution in [0, 0.1) is 0 Å². The van der Waals surface area contributed by atoms with Crippen LogP contribution in [0.15, 0.2) is 52.0 Å². The molecule has 0 atom stereocenters. The Labute approximate surface area is 170 Å². The molecule has 0 radical (unpaired) electrons. The van der Waals surface area contributed by atoms with Crippen molar-refractivity contribution in [1.82, 2.24) is 9.66 Å². The van der Waals surface area contributed by atoms with Crippen LogP contribution in [0.4, 0.5) is 0 Å². The molecule has 0 aliphatic rings. The lowest BCUT2D eigenvalue weighted by molar-refractivity contribution is -0.116. The molecule has 28 heavy (non-hydrogen) atoms. The van der Waals surface area contributed by atoms with Crippen LogP contribution in [-0.2, 0) is 11.2 Å². The van der Waals surface area contributed by atoms with Crippen LogP contribution in [-0.4, -0.2) is 28.8 Å². The van der Waals surface area contributed by atoms with Crippen molar-refractivity contribution in [2.24, 2.45) is 0 Å². The molecule has 0 saturated heterocycles. The van der Waals surface area contributed by atoms with E-state index in [1.54, 1.807) is 36.4 Å². The number of para-hydroxylation sites is 1. The van der Waals surface area contributed by atoms with Crippen molar-refractivity contribution < 1.29 is 14.3 Å². The first kappa shape index (κ1) is 19.9. The van der Waals surface area contributed by atoms with E-state index < -0.39 is 0 Å². The fraction of sp³-hybridized carbons (Fsp3) is 0.250. The molecule has 1 amide bonds. The van der Waals surface area contributed by atoms with Crippen molar-refractivity contribution >= 4 is 32.7 Å². The summed E-state index contributed by atoms with van der Waals surface area (Å²) in [6, 6.07) is 10.5. The van der Waals surface area contributed by atoms with E-state index in [0.29, 0.717) is 41.2 Å². The quantitative estimate of drug-likeness (QED) is 0.603. The molecule has 0 spiro atoms. The summed E-state index contributed by atoms with van der Waals surface area (Å²) in [4.78, 5) is 29.2. The number of aromatic nitrogens is 2. The van der Waals surface area contributed by atoms with Gasteiger partial charge < -0.3 is 9.47 Å². The van der Waals surface area contributed by atoms with Gasteiger partial charge in [0.25, 0.3) is 5.56 Å². The summed E-state index contributed by atoms with van der Waals surface area (Å²) < 4.78 is 13.0. The highest BCUT2D eigenvalue weighted by atomic mass is 79.9. The number of carbonyl (C=O) groups is 1. The average Bonchev–Trinajstić information content (AvgIpc) is 2.68. The Kier molecular flexibility index (Phi) is 6.30. The Hall–Kier alpha value is -2.87. The molecule has 3 aromatic rings. The molecule has 1 heterocycles. The first-order valence-corrected chi connectivity index (χ1v) is 9.67. The highest BCUT2D eigenvalue weighted by molar-refractivity contribution is 9.10. The highest BCUT2D eigenvalue weighted by Crippen LogP contribution is 2.34. The third kappa shape index (κ3) is 4.33. The van der Waals surface area contributed by atoms with Crippen molar-refractivity contribution in [3.05, 3.63) is 63.1 Å². The number of benzene rings is 2. The van der Waals surface area contributed by atoms with E-state index in [0.717, 1.165) is 9.15 Å². The maximum absolute atomic E-state index is 12.5. The second-order valence-electron chi connectivity index (χ2n) is 5.91. The van der Waals surface area contributed by atoms with Gasteiger partial charge in [0, 0.05) is 4.47 Å². The molecule has 2 aromatic carbocycles. The number of nitrogens with one attached hydrogen (secondary N) is 1. The number of fused-ring (bicyclic) bond motifs is 1. The largest absolute Gasteiger partial charge is 0.490 e. The Morgan fingerprint density at radius 1 is 1.14 bits per heavy atom. The summed E-state index contributed by atoms with van der Waals surface area (Å²) >= 11 is 3.47. The fourth-order valence-corrected chi connectivity index (χ4v) is 3.21. The molecule has 1 N–H and O–H groups in total. The number of rotatable bonds is 7. The smallest absolute Gasteiger partial charge is 0.280 e. The van der Waals surface area contributed by atoms with E-state index in [-0.39, 0.29) is 17.9 Å². The lowest BCUT2D eigenvalue weighted by Crippen LogP contribution is -2.34. The lowest BCUT2D eigenvalue weighted by Gasteiger charge is -2.14. The highest BCUT2D eigenvalue weighted by Gasteiger charge is 2.14. The minimum atomic E-state index is -0.355. The number of ether oxygens (including phenoxy) is 2. The molecule has 8 heteroatoms. The third-order valence-corrected chi connectivity index (χ3v) is 4.71. The molecular weight excluding hydrogens is 426 g/mol. The Morgan fingerprint density at radius 2 is 1.82 bits per heavy atom. The van der Waals surface area contributed by atoms with Gasteiger partial charge >= 0.3 is 0 Å². The van der Waals surface area contributed by atoms with E-state index in [2.05, 4.69) is 26.3 Å². The zero-order chi connectivity index (χ0) is 20.1. The van der Waals surface area contributed by atoms with Crippen LogP contribution in [0.2, 0.25) is 0 Å². The average molecular weight is 446 g/mol. The van der Waals surface area contributed by atoms with Crippen LogP contribution < -0.4 is 20.5 Å². The number of carbonyl (C=O) groups excluding carboxylic acids is 1. The molecule has 0 aliphatic carbocycles. The normalized spacial score (nSPS) is 10.7. The van der Waals surface area contributed by atoms with Crippen molar-refractivity contribution in [1.29, 1.82) is 0 Å². The monoisotopic (exact) mass is 445 g/mol. The summed E-state index contributed by atoms with van der Waals surface area (Å²) in [7, 11) is 0. The van der Waals surface area contributed by atoms with Crippen LogP contribution in [0.3, 0.4) is 0 Å². The first-order chi connectivity index (χ1) is 13.5. The fourth-order valence-electron chi connectivity index (χ4n) is 2.75. The second-order valence-corrected chi connectivity index (χ2v) is 6.76. The minimum Gasteiger partial charge on any atom is -0.490 e. The van der Waals surface area contributed by atoms with Crippen molar-refractivity contribution in [3.8, 4) is 11.5 Å². The Bertz CT molecular complexity index is 1060. The molecule has 0 bridgehead atoms. The van der Waals surface area contributed by atoms with Crippen molar-refractivity contribution in [3.63, 3.8) is 0 Å². The van der Waals surface area contributed by atoms with Gasteiger partial charge in [0.2, 0.25) is 5.91 Å². The van der Waals surface area contributed by atoms with Crippen LogP contribution in [0.25, 0.3) is 10.9 Å². The summed E-state index contributed by atoms with van der Waals surface area (Å²) in [6.07, 6.45) is 1.35. The van der Waals surface area contributed by atoms with Crippen LogP contribution >= 0.6 is 15.9 Å². The van der Waals surface area contributed by atoms with E-state index >= 15 is 0 Å². The minimum absolute atomic E-state index is 0.0479. The van der Waals surface area contributed by atoms with Crippen LogP contribution in [0.1, 0.15) is 19.4 Å². The molecule has 1 aromatic heterocycles. The van der Waals surface area contributed by atoms with E-state index in [4.69, 9.17) is 9.47 Å². The summed E-state index contributed by atoms with van der Waals surface area (Å²) in [6.45, 7) is 4.75. The van der Waals surface area contributed by atoms with E-state index in [1.807, 2.05) is 13.8 Å². The Morgan fingerprint density at radius 3 is 2.54 bits per heavy atom. The van der Waals surface area contributed by atoms with Gasteiger partial charge in [-0.1, -0.05) is 28.1 Å². The van der Waals surface area contributed by atoms with Gasteiger partial charge in [-0.05, 0) is 43.7 Å². The molecule has 3 rings (SSSR count). The Balaban J connectivity index is 1.82. The summed E-state index contributed by atoms with van der Waals surface area (Å²) in [5, 5.41) is 0.436. The predicted molar refractivity (Wildman–Crippen MR) is 111 cm³/mol. The summed E-state index contributed by atoms with van der Waals surface area (Å²) in [5.74, 6) is 0.821. The molecule has 0 saturated carbocycles. The zero-order valence-electron chi connectivity index (χ0n) is 15.6. The topological polar surface area (TPSA) is 82.5 Å². The number of amides is 1. The maximum atomic E-state index is 12.5. The van der Waals surface area contributed by atoms with Crippen molar-refractivity contribution in [2.75, 3.05) is 18.6 Å². The number of hydrogen-bond donors (Lipinski definition) is 1. The van der Waals surface area contributed by atoms with Gasteiger partial charge in [0.15, 0.2) is 11.5 Å². The lowest BCUT2D eigenvalue weighted by atomic mass is 10.1. The van der Waals surface area contributed by atoms with Gasteiger partial charge in [-0.3, -0.25) is 15.0 Å². The van der Waals surface area contributed by atoms with Gasteiger partial charge in [-0.15, -0.1) is 0 Å². The number of nitrogens with zero attached hydrogens (tertiary/aromatic N) is 2. The first-order valence-electron chi connectivity index (χ1n) is 8.87. The maximum Gasteiger partial charge on any atom is 0.280 e. The molecule has 146 valence electrons. The standard InChI is InChI=1S/C20H20BrN3O4/c1-3-27-17-9-13(15(21)11-18(17)28-4-2)10-19(25)23-24-12-22-16-8-6-5-7-14(16)20(24)26/h5-9,11-12H,3-4,10H2,1-2H3,(H,23,25). The van der Waals surface area contributed by atoms with E-state index in [9.17, 15) is 9.59 Å². The van der Waals surface area contributed by atoms with E-state index in [1.165, 1.54) is 6.33 Å². The third-order valence-electron chi connectivity index (χ3n) is 3.97. The van der Waals surface area contributed by atoms with Gasteiger partial charge in [0.05, 0.1) is 30.5 Å². The second kappa shape index (κ2) is 8.88. The zero-order valence-corrected chi connectivity index (χ0v) is 17.2. The molecule has 0 aliphatic heterocycles. The van der Waals surface area contributed by atoms with Crippen molar-refractivity contribution in [2.45, 2.75) is 20.3 Å². The summed E-state index contributed by atoms with van der Waals surface area (Å²) in [5.41, 5.74) is 3.54.